The Labute approximate surface area is 151 Å². The average Bonchev–Trinajstić information content (AvgIpc) is 3.07. The van der Waals surface area contributed by atoms with Crippen molar-refractivity contribution in [2.45, 2.75) is 0 Å². The van der Waals surface area contributed by atoms with Crippen LogP contribution in [0.5, 0.6) is 5.75 Å². The summed E-state index contributed by atoms with van der Waals surface area (Å²) in [6.45, 7) is 0. The van der Waals surface area contributed by atoms with Crippen LogP contribution in [0.4, 0.5) is 15.8 Å². The standard InChI is InChI=1S/C18H14BrFN2O3/c1-24-16-9-10(21)8-12(19)17(16)22-18(23)15-7-6-14(25-15)11-4-2-3-5-13(11)20/h2-9H,21H2,1H3,(H,22,23). The van der Waals surface area contributed by atoms with Crippen molar-refractivity contribution in [3.8, 4) is 17.1 Å². The summed E-state index contributed by atoms with van der Waals surface area (Å²) >= 11 is 3.34. The molecule has 0 saturated carbocycles. The van der Waals surface area contributed by atoms with Crippen LogP contribution >= 0.6 is 15.9 Å². The van der Waals surface area contributed by atoms with Crippen molar-refractivity contribution in [3.05, 3.63) is 64.6 Å². The lowest BCUT2D eigenvalue weighted by Crippen LogP contribution is -2.12. The molecule has 0 radical (unpaired) electrons. The number of hydrogen-bond acceptors (Lipinski definition) is 4. The fourth-order valence-corrected chi connectivity index (χ4v) is 2.88. The van der Waals surface area contributed by atoms with Crippen molar-refractivity contribution >= 4 is 33.2 Å². The zero-order valence-corrected chi connectivity index (χ0v) is 14.8. The molecule has 0 aliphatic rings. The zero-order chi connectivity index (χ0) is 18.0. The van der Waals surface area contributed by atoms with Gasteiger partial charge in [-0.25, -0.2) is 4.39 Å². The predicted molar refractivity (Wildman–Crippen MR) is 97.2 cm³/mol. The molecule has 1 aromatic heterocycles. The van der Waals surface area contributed by atoms with Gasteiger partial charge in [-0.15, -0.1) is 0 Å². The molecule has 0 bridgehead atoms. The molecule has 128 valence electrons. The Bertz CT molecular complexity index is 940. The Balaban J connectivity index is 1.88. The van der Waals surface area contributed by atoms with Crippen LogP contribution < -0.4 is 15.8 Å². The van der Waals surface area contributed by atoms with E-state index in [-0.39, 0.29) is 17.1 Å². The molecule has 0 aliphatic carbocycles. The largest absolute Gasteiger partial charge is 0.494 e. The van der Waals surface area contributed by atoms with Gasteiger partial charge in [-0.1, -0.05) is 12.1 Å². The van der Waals surface area contributed by atoms with Gasteiger partial charge in [0.25, 0.3) is 5.91 Å². The highest BCUT2D eigenvalue weighted by atomic mass is 79.9. The number of furan rings is 1. The lowest BCUT2D eigenvalue weighted by Gasteiger charge is -2.12. The Morgan fingerprint density at radius 3 is 2.72 bits per heavy atom. The van der Waals surface area contributed by atoms with E-state index in [4.69, 9.17) is 14.9 Å². The SMILES string of the molecule is COc1cc(N)cc(Br)c1NC(=O)c1ccc(-c2ccccc2F)o1. The molecular formula is C18H14BrFN2O3. The predicted octanol–water partition coefficient (Wildman–Crippen LogP) is 4.69. The van der Waals surface area contributed by atoms with Crippen LogP contribution in [0.15, 0.2) is 57.4 Å². The number of rotatable bonds is 4. The van der Waals surface area contributed by atoms with Gasteiger partial charge in [-0.2, -0.15) is 0 Å². The number of carbonyl (C=O) groups excluding carboxylic acids is 1. The minimum absolute atomic E-state index is 0.0454. The summed E-state index contributed by atoms with van der Waals surface area (Å²) in [7, 11) is 1.47. The molecule has 25 heavy (non-hydrogen) atoms. The van der Waals surface area contributed by atoms with E-state index in [0.29, 0.717) is 21.6 Å². The first-order valence-electron chi connectivity index (χ1n) is 7.28. The normalized spacial score (nSPS) is 10.5. The second-order valence-corrected chi connectivity index (χ2v) is 6.03. The van der Waals surface area contributed by atoms with Gasteiger partial charge in [-0.3, -0.25) is 4.79 Å². The van der Waals surface area contributed by atoms with E-state index < -0.39 is 11.7 Å². The fourth-order valence-electron chi connectivity index (χ4n) is 2.32. The van der Waals surface area contributed by atoms with E-state index in [1.807, 2.05) is 0 Å². The lowest BCUT2D eigenvalue weighted by molar-refractivity contribution is 0.0997. The quantitative estimate of drug-likeness (QED) is 0.618. The number of hydrogen-bond donors (Lipinski definition) is 2. The molecule has 0 atom stereocenters. The summed E-state index contributed by atoms with van der Waals surface area (Å²) < 4.78 is 25.1. The number of amides is 1. The summed E-state index contributed by atoms with van der Waals surface area (Å²) in [5.41, 5.74) is 6.95. The number of nitrogen functional groups attached to an aromatic ring is 1. The Morgan fingerprint density at radius 1 is 1.24 bits per heavy atom. The minimum atomic E-state index is -0.494. The van der Waals surface area contributed by atoms with E-state index in [1.165, 1.54) is 19.2 Å². The van der Waals surface area contributed by atoms with Gasteiger partial charge in [0.15, 0.2) is 5.76 Å². The summed E-state index contributed by atoms with van der Waals surface area (Å²) in [5, 5.41) is 2.70. The molecule has 0 spiro atoms. The third-order valence-electron chi connectivity index (χ3n) is 3.50. The topological polar surface area (TPSA) is 77.5 Å². The van der Waals surface area contributed by atoms with Crippen molar-refractivity contribution in [3.63, 3.8) is 0 Å². The molecule has 5 nitrogen and oxygen atoms in total. The highest BCUT2D eigenvalue weighted by molar-refractivity contribution is 9.10. The summed E-state index contributed by atoms with van der Waals surface area (Å²) in [5.74, 6) is -0.199. The van der Waals surface area contributed by atoms with E-state index in [9.17, 15) is 9.18 Å². The van der Waals surface area contributed by atoms with Crippen LogP contribution in [-0.4, -0.2) is 13.0 Å². The molecule has 3 N–H and O–H groups in total. The van der Waals surface area contributed by atoms with Crippen LogP contribution in [0, 0.1) is 5.82 Å². The van der Waals surface area contributed by atoms with Crippen molar-refractivity contribution in [2.24, 2.45) is 0 Å². The minimum Gasteiger partial charge on any atom is -0.494 e. The van der Waals surface area contributed by atoms with E-state index >= 15 is 0 Å². The van der Waals surface area contributed by atoms with Crippen LogP contribution in [0.3, 0.4) is 0 Å². The van der Waals surface area contributed by atoms with Gasteiger partial charge in [0, 0.05) is 16.2 Å². The molecular weight excluding hydrogens is 391 g/mol. The first-order valence-corrected chi connectivity index (χ1v) is 8.08. The molecule has 2 aromatic carbocycles. The summed E-state index contributed by atoms with van der Waals surface area (Å²) in [6, 6.07) is 12.4. The zero-order valence-electron chi connectivity index (χ0n) is 13.2. The van der Waals surface area contributed by atoms with E-state index in [2.05, 4.69) is 21.2 Å². The number of ether oxygens (including phenoxy) is 1. The van der Waals surface area contributed by atoms with Gasteiger partial charge in [0.2, 0.25) is 0 Å². The van der Waals surface area contributed by atoms with E-state index in [0.717, 1.165) is 0 Å². The highest BCUT2D eigenvalue weighted by Crippen LogP contribution is 2.35. The monoisotopic (exact) mass is 404 g/mol. The van der Waals surface area contributed by atoms with Gasteiger partial charge in [0.05, 0.1) is 18.4 Å². The van der Waals surface area contributed by atoms with Crippen molar-refractivity contribution in [1.29, 1.82) is 0 Å². The Kier molecular flexibility index (Phi) is 4.76. The Morgan fingerprint density at radius 2 is 2.00 bits per heavy atom. The third kappa shape index (κ3) is 3.51. The van der Waals surface area contributed by atoms with Crippen molar-refractivity contribution < 1.29 is 18.3 Å². The molecule has 7 heteroatoms. The number of carbonyl (C=O) groups is 1. The summed E-state index contributed by atoms with van der Waals surface area (Å²) in [4.78, 5) is 12.4. The third-order valence-corrected chi connectivity index (χ3v) is 4.13. The highest BCUT2D eigenvalue weighted by Gasteiger charge is 2.18. The molecule has 1 heterocycles. The average molecular weight is 405 g/mol. The van der Waals surface area contributed by atoms with Crippen LogP contribution in [0.1, 0.15) is 10.6 Å². The number of nitrogens with one attached hydrogen (secondary N) is 1. The van der Waals surface area contributed by atoms with Crippen LogP contribution in [0.25, 0.3) is 11.3 Å². The maximum absolute atomic E-state index is 13.8. The maximum Gasteiger partial charge on any atom is 0.291 e. The van der Waals surface area contributed by atoms with Gasteiger partial charge in [-0.05, 0) is 46.3 Å². The summed E-state index contributed by atoms with van der Waals surface area (Å²) in [6.07, 6.45) is 0. The maximum atomic E-state index is 13.8. The number of anilines is 2. The van der Waals surface area contributed by atoms with Gasteiger partial charge >= 0.3 is 0 Å². The molecule has 1 amide bonds. The number of halogens is 2. The molecule has 0 aliphatic heterocycles. The van der Waals surface area contributed by atoms with E-state index in [1.54, 1.807) is 36.4 Å². The number of nitrogens with two attached hydrogens (primary N) is 1. The molecule has 0 saturated heterocycles. The second kappa shape index (κ2) is 6.98. The van der Waals surface area contributed by atoms with Crippen LogP contribution in [-0.2, 0) is 0 Å². The van der Waals surface area contributed by atoms with Crippen molar-refractivity contribution in [1.82, 2.24) is 0 Å². The smallest absolute Gasteiger partial charge is 0.291 e. The lowest BCUT2D eigenvalue weighted by atomic mass is 10.1. The first-order chi connectivity index (χ1) is 12.0. The first kappa shape index (κ1) is 17.0. The second-order valence-electron chi connectivity index (χ2n) is 5.18. The molecule has 0 fully saturated rings. The van der Waals surface area contributed by atoms with Gasteiger partial charge < -0.3 is 20.2 Å². The number of benzene rings is 2. The molecule has 3 rings (SSSR count). The molecule has 3 aromatic rings. The van der Waals surface area contributed by atoms with Gasteiger partial charge in [0.1, 0.15) is 17.3 Å². The Hall–Kier alpha value is -2.80. The van der Waals surface area contributed by atoms with Crippen molar-refractivity contribution in [2.75, 3.05) is 18.2 Å². The fraction of sp³-hybridized carbons (Fsp3) is 0.0556. The molecule has 0 unspecified atom stereocenters. The number of methoxy groups -OCH3 is 1. The van der Waals surface area contributed by atoms with Crippen LogP contribution in [0.2, 0.25) is 0 Å².